The Hall–Kier alpha value is -3.06. The molecular weight excluding hydrogens is 345 g/mol. The van der Waals surface area contributed by atoms with Gasteiger partial charge in [-0.25, -0.2) is 9.18 Å². The number of halogens is 1. The summed E-state index contributed by atoms with van der Waals surface area (Å²) >= 11 is 0. The first-order valence-corrected chi connectivity index (χ1v) is 8.91. The average Bonchev–Trinajstić information content (AvgIpc) is 2.68. The van der Waals surface area contributed by atoms with E-state index in [1.807, 2.05) is 6.07 Å². The molecule has 2 heterocycles. The zero-order valence-electron chi connectivity index (χ0n) is 14.8. The third kappa shape index (κ3) is 4.20. The molecule has 2 aromatic carbocycles. The fraction of sp³-hybridized carbons (Fsp3) is 0.250. The lowest BCUT2D eigenvalue weighted by Gasteiger charge is -2.34. The summed E-state index contributed by atoms with van der Waals surface area (Å²) in [6.45, 7) is 3.65. The van der Waals surface area contributed by atoms with Crippen LogP contribution < -0.4 is 5.32 Å². The number of anilines is 1. The van der Waals surface area contributed by atoms with Crippen LogP contribution in [0.25, 0.3) is 11.0 Å². The zero-order chi connectivity index (χ0) is 18.6. The monoisotopic (exact) mass is 365 g/mol. The van der Waals surface area contributed by atoms with Gasteiger partial charge in [0.15, 0.2) is 0 Å². The first-order chi connectivity index (χ1) is 13.2. The smallest absolute Gasteiger partial charge is 0.321 e. The Balaban J connectivity index is 1.32. The highest BCUT2D eigenvalue weighted by atomic mass is 19.1. The van der Waals surface area contributed by atoms with Crippen LogP contribution in [-0.2, 0) is 6.54 Å². The van der Waals surface area contributed by atoms with Gasteiger partial charge < -0.3 is 10.2 Å². The molecule has 6 nitrogen and oxygen atoms in total. The van der Waals surface area contributed by atoms with Crippen molar-refractivity contribution in [3.05, 3.63) is 66.2 Å². The molecule has 0 unspecified atom stereocenters. The molecule has 0 aliphatic carbocycles. The van der Waals surface area contributed by atoms with Gasteiger partial charge in [-0.05, 0) is 35.9 Å². The fourth-order valence-electron chi connectivity index (χ4n) is 3.24. The summed E-state index contributed by atoms with van der Waals surface area (Å²) in [5, 5.41) is 2.75. The Morgan fingerprint density at radius 1 is 1.00 bits per heavy atom. The highest BCUT2D eigenvalue weighted by molar-refractivity contribution is 5.89. The predicted molar refractivity (Wildman–Crippen MR) is 102 cm³/mol. The van der Waals surface area contributed by atoms with Gasteiger partial charge in [0.2, 0.25) is 0 Å². The molecule has 0 atom stereocenters. The number of carbonyl (C=O) groups excluding carboxylic acids is 1. The minimum atomic E-state index is -0.363. The van der Waals surface area contributed by atoms with Crippen LogP contribution in [0.5, 0.6) is 0 Å². The first kappa shape index (κ1) is 17.4. The van der Waals surface area contributed by atoms with Crippen molar-refractivity contribution in [1.82, 2.24) is 19.8 Å². The Bertz CT molecular complexity index is 956. The predicted octanol–water partition coefficient (Wildman–Crippen LogP) is 3.12. The van der Waals surface area contributed by atoms with Crippen molar-refractivity contribution in [3.63, 3.8) is 0 Å². The zero-order valence-corrected chi connectivity index (χ0v) is 14.8. The number of rotatable bonds is 3. The molecule has 1 aliphatic heterocycles. The lowest BCUT2D eigenvalue weighted by molar-refractivity contribution is 0.143. The van der Waals surface area contributed by atoms with E-state index in [2.05, 4.69) is 32.3 Å². The average molecular weight is 365 g/mol. The number of hydrogen-bond acceptors (Lipinski definition) is 4. The Kier molecular flexibility index (Phi) is 4.93. The lowest BCUT2D eigenvalue weighted by Crippen LogP contribution is -2.49. The van der Waals surface area contributed by atoms with Crippen LogP contribution in [0.2, 0.25) is 0 Å². The second-order valence-corrected chi connectivity index (χ2v) is 6.58. The van der Waals surface area contributed by atoms with E-state index in [0.717, 1.165) is 30.7 Å². The molecule has 1 saturated heterocycles. The topological polar surface area (TPSA) is 61.4 Å². The SMILES string of the molecule is O=C(Nc1cccc(F)c1)N1CCN(Cc2ccc3nccnc3c2)CC1. The van der Waals surface area contributed by atoms with Crippen LogP contribution >= 0.6 is 0 Å². The summed E-state index contributed by atoms with van der Waals surface area (Å²) in [5.74, 6) is -0.363. The van der Waals surface area contributed by atoms with Crippen LogP contribution in [0.3, 0.4) is 0 Å². The molecule has 7 heteroatoms. The van der Waals surface area contributed by atoms with Crippen LogP contribution in [0.1, 0.15) is 5.56 Å². The number of nitrogens with one attached hydrogen (secondary N) is 1. The minimum Gasteiger partial charge on any atom is -0.322 e. The molecule has 0 saturated carbocycles. The maximum absolute atomic E-state index is 13.2. The molecule has 1 N–H and O–H groups in total. The maximum atomic E-state index is 13.2. The molecule has 1 aromatic heterocycles. The van der Waals surface area contributed by atoms with Gasteiger partial charge in [0.25, 0.3) is 0 Å². The molecule has 0 bridgehead atoms. The van der Waals surface area contributed by atoms with Gasteiger partial charge in [0.1, 0.15) is 5.82 Å². The van der Waals surface area contributed by atoms with Crippen LogP contribution in [-0.4, -0.2) is 52.0 Å². The number of benzene rings is 2. The van der Waals surface area contributed by atoms with Crippen molar-refractivity contribution in [3.8, 4) is 0 Å². The van der Waals surface area contributed by atoms with Crippen molar-refractivity contribution < 1.29 is 9.18 Å². The standard InChI is InChI=1S/C20H20FN5O/c21-16-2-1-3-17(13-16)24-20(27)26-10-8-25(9-11-26)14-15-4-5-18-19(12-15)23-7-6-22-18/h1-7,12-13H,8-11,14H2,(H,24,27). The summed E-state index contributed by atoms with van der Waals surface area (Å²) < 4.78 is 13.2. The highest BCUT2D eigenvalue weighted by Gasteiger charge is 2.21. The van der Waals surface area contributed by atoms with Crippen LogP contribution in [0.15, 0.2) is 54.9 Å². The molecule has 0 radical (unpaired) electrons. The number of aromatic nitrogens is 2. The van der Waals surface area contributed by atoms with Crippen LogP contribution in [0.4, 0.5) is 14.9 Å². The second kappa shape index (κ2) is 7.67. The number of nitrogens with zero attached hydrogens (tertiary/aromatic N) is 4. The summed E-state index contributed by atoms with van der Waals surface area (Å²) in [6.07, 6.45) is 3.39. The van der Waals surface area contributed by atoms with E-state index in [1.54, 1.807) is 29.4 Å². The van der Waals surface area contributed by atoms with Gasteiger partial charge in [0, 0.05) is 50.8 Å². The van der Waals surface area contributed by atoms with E-state index >= 15 is 0 Å². The second-order valence-electron chi connectivity index (χ2n) is 6.58. The van der Waals surface area contributed by atoms with E-state index < -0.39 is 0 Å². The number of carbonyl (C=O) groups is 1. The molecule has 2 amide bonds. The third-order valence-corrected chi connectivity index (χ3v) is 4.68. The van der Waals surface area contributed by atoms with E-state index in [9.17, 15) is 9.18 Å². The van der Waals surface area contributed by atoms with Crippen molar-refractivity contribution >= 4 is 22.8 Å². The Morgan fingerprint density at radius 2 is 1.78 bits per heavy atom. The highest BCUT2D eigenvalue weighted by Crippen LogP contribution is 2.15. The number of piperazine rings is 1. The van der Waals surface area contributed by atoms with Gasteiger partial charge in [0.05, 0.1) is 11.0 Å². The number of amides is 2. The molecule has 0 spiro atoms. The molecule has 3 aromatic rings. The van der Waals surface area contributed by atoms with Crippen LogP contribution in [0, 0.1) is 5.82 Å². The van der Waals surface area contributed by atoms with E-state index in [0.29, 0.717) is 18.8 Å². The lowest BCUT2D eigenvalue weighted by atomic mass is 10.1. The summed E-state index contributed by atoms with van der Waals surface area (Å²) in [4.78, 5) is 25.1. The Labute approximate surface area is 156 Å². The normalized spacial score (nSPS) is 15.1. The molecule has 1 aliphatic rings. The van der Waals surface area contributed by atoms with Crippen molar-refractivity contribution in [2.24, 2.45) is 0 Å². The number of fused-ring (bicyclic) bond motifs is 1. The van der Waals surface area contributed by atoms with Gasteiger partial charge in [-0.1, -0.05) is 12.1 Å². The molecule has 1 fully saturated rings. The first-order valence-electron chi connectivity index (χ1n) is 8.91. The summed E-state index contributed by atoms with van der Waals surface area (Å²) in [5.41, 5.74) is 3.43. The molecule has 27 heavy (non-hydrogen) atoms. The maximum Gasteiger partial charge on any atom is 0.321 e. The molecular formula is C20H20FN5O. The third-order valence-electron chi connectivity index (χ3n) is 4.68. The van der Waals surface area contributed by atoms with E-state index in [-0.39, 0.29) is 11.8 Å². The summed E-state index contributed by atoms with van der Waals surface area (Å²) in [7, 11) is 0. The van der Waals surface area contributed by atoms with E-state index in [1.165, 1.54) is 17.7 Å². The molecule has 138 valence electrons. The van der Waals surface area contributed by atoms with Gasteiger partial charge in [-0.3, -0.25) is 14.9 Å². The molecule has 4 rings (SSSR count). The van der Waals surface area contributed by atoms with Gasteiger partial charge >= 0.3 is 6.03 Å². The largest absolute Gasteiger partial charge is 0.322 e. The van der Waals surface area contributed by atoms with Crippen molar-refractivity contribution in [2.75, 3.05) is 31.5 Å². The van der Waals surface area contributed by atoms with E-state index in [4.69, 9.17) is 0 Å². The van der Waals surface area contributed by atoms with Gasteiger partial charge in [-0.15, -0.1) is 0 Å². The summed E-state index contributed by atoms with van der Waals surface area (Å²) in [6, 6.07) is 11.9. The quantitative estimate of drug-likeness (QED) is 0.775. The van der Waals surface area contributed by atoms with Crippen molar-refractivity contribution in [1.29, 1.82) is 0 Å². The number of urea groups is 1. The fourth-order valence-corrected chi connectivity index (χ4v) is 3.24. The van der Waals surface area contributed by atoms with Crippen molar-refractivity contribution in [2.45, 2.75) is 6.54 Å². The number of hydrogen-bond donors (Lipinski definition) is 1. The van der Waals surface area contributed by atoms with Gasteiger partial charge in [-0.2, -0.15) is 0 Å². The minimum absolute atomic E-state index is 0.193. The Morgan fingerprint density at radius 3 is 2.56 bits per heavy atom.